The van der Waals surface area contributed by atoms with Gasteiger partial charge in [-0.05, 0) is 36.1 Å². The number of methoxy groups -OCH3 is 3. The summed E-state index contributed by atoms with van der Waals surface area (Å²) in [4.78, 5) is 27.0. The van der Waals surface area contributed by atoms with E-state index in [1.54, 1.807) is 0 Å². The molecule has 4 aromatic carbocycles. The van der Waals surface area contributed by atoms with E-state index >= 15 is 0 Å². The van der Waals surface area contributed by atoms with Crippen LogP contribution in [0.1, 0.15) is 36.1 Å². The first kappa shape index (κ1) is 55.5. The number of aliphatic hydroxyl groups is 2. The average molecular weight is 1210 g/mol. The molecule has 16 nitrogen and oxygen atoms in total. The molecule has 0 spiro atoms. The second kappa shape index (κ2) is 27.4. The maximum Gasteiger partial charge on any atom is 0.319 e. The van der Waals surface area contributed by atoms with Crippen LogP contribution in [0.4, 0.5) is 0 Å². The minimum atomic E-state index is -1.57. The smallest absolute Gasteiger partial charge is 0.319 e. The SMILES string of the molecule is COC(=O)[C@H](I)[C@@H]1[C@@H](OC[C@H]2O[C@H](OC)[C@H](O)[C@@H](O[C@H]3O[C@@H](C)[C@H](OCc4ccccc4)[C@@H](OCc4ccccc4)[C@@H]3[C@@H](I)C(=O)OC)[C@@H]2O)O[C@@H](C)[C@H](OCc2ccccc2)[C@H]1OCc1ccccc1. The van der Waals surface area contributed by atoms with Crippen LogP contribution in [0.15, 0.2) is 121 Å². The van der Waals surface area contributed by atoms with Gasteiger partial charge < -0.3 is 67.1 Å². The molecule has 7 rings (SSSR count). The third kappa shape index (κ3) is 14.4. The van der Waals surface area contributed by atoms with E-state index in [1.807, 2.05) is 180 Å². The van der Waals surface area contributed by atoms with Crippen LogP contribution in [-0.2, 0) is 92.9 Å². The largest absolute Gasteiger partial charge is 0.468 e. The van der Waals surface area contributed by atoms with Gasteiger partial charge in [0.15, 0.2) is 18.9 Å². The lowest BCUT2D eigenvalue weighted by Gasteiger charge is -2.49. The van der Waals surface area contributed by atoms with Crippen molar-refractivity contribution in [2.45, 2.75) is 128 Å². The number of alkyl halides is 2. The fraction of sp³-hybridized carbons (Fsp3) is 0.509. The summed E-state index contributed by atoms with van der Waals surface area (Å²) in [5, 5.41) is 24.0. The summed E-state index contributed by atoms with van der Waals surface area (Å²) in [5.74, 6) is -2.80. The molecule has 0 aliphatic carbocycles. The Morgan fingerprint density at radius 1 is 0.493 bits per heavy atom. The second-order valence-corrected chi connectivity index (χ2v) is 20.3. The number of carbonyl (C=O) groups is 2. The number of esters is 2. The molecule has 386 valence electrons. The van der Waals surface area contributed by atoms with E-state index < -0.39 is 112 Å². The first-order valence-electron chi connectivity index (χ1n) is 23.6. The van der Waals surface area contributed by atoms with Crippen molar-refractivity contribution < 1.29 is 76.6 Å². The Morgan fingerprint density at radius 2 is 0.859 bits per heavy atom. The Bertz CT molecular complexity index is 2200. The zero-order chi connectivity index (χ0) is 50.4. The van der Waals surface area contributed by atoms with Crippen molar-refractivity contribution in [2.75, 3.05) is 27.9 Å². The molecule has 0 radical (unpaired) electrons. The summed E-state index contributed by atoms with van der Waals surface area (Å²) in [6.45, 7) is 4.18. The molecule has 71 heavy (non-hydrogen) atoms. The van der Waals surface area contributed by atoms with Gasteiger partial charge in [-0.15, -0.1) is 0 Å². The highest BCUT2D eigenvalue weighted by Crippen LogP contribution is 2.41. The minimum absolute atomic E-state index is 0.166. The number of rotatable bonds is 22. The zero-order valence-electron chi connectivity index (χ0n) is 40.3. The van der Waals surface area contributed by atoms with Crippen LogP contribution in [0.5, 0.6) is 0 Å². The molecule has 0 aromatic heterocycles. The van der Waals surface area contributed by atoms with Gasteiger partial charge in [0.25, 0.3) is 0 Å². The molecule has 4 aromatic rings. The summed E-state index contributed by atoms with van der Waals surface area (Å²) < 4.78 is 73.5. The number of aliphatic hydroxyl groups excluding tert-OH is 2. The molecule has 18 heteroatoms. The van der Waals surface area contributed by atoms with Gasteiger partial charge in [0, 0.05) is 7.11 Å². The fourth-order valence-electron chi connectivity index (χ4n) is 9.14. The van der Waals surface area contributed by atoms with Crippen molar-refractivity contribution >= 4 is 57.1 Å². The Labute approximate surface area is 442 Å². The quantitative estimate of drug-likeness (QED) is 0.0494. The molecule has 3 fully saturated rings. The van der Waals surface area contributed by atoms with Crippen molar-refractivity contribution in [3.63, 3.8) is 0 Å². The van der Waals surface area contributed by atoms with E-state index in [0.29, 0.717) is 0 Å². The summed E-state index contributed by atoms with van der Waals surface area (Å²) in [5.41, 5.74) is 3.66. The van der Waals surface area contributed by atoms with Gasteiger partial charge in [0.2, 0.25) is 0 Å². The molecular formula is C53H64I2O16. The van der Waals surface area contributed by atoms with Gasteiger partial charge in [0.05, 0.1) is 83.5 Å². The lowest BCUT2D eigenvalue weighted by Crippen LogP contribution is -2.65. The second-order valence-electron chi connectivity index (χ2n) is 17.7. The Morgan fingerprint density at radius 3 is 1.24 bits per heavy atom. The summed E-state index contributed by atoms with van der Waals surface area (Å²) in [6.07, 6.45) is -13.7. The van der Waals surface area contributed by atoms with E-state index in [1.165, 1.54) is 21.3 Å². The molecule has 2 N–H and O–H groups in total. The van der Waals surface area contributed by atoms with Crippen LogP contribution >= 0.6 is 45.2 Å². The molecule has 0 saturated carbocycles. The number of halogens is 2. The average Bonchev–Trinajstić information content (AvgIpc) is 3.40. The minimum Gasteiger partial charge on any atom is -0.468 e. The summed E-state index contributed by atoms with van der Waals surface area (Å²) >= 11 is 4.01. The highest BCUT2D eigenvalue weighted by Gasteiger charge is 2.56. The van der Waals surface area contributed by atoms with Crippen LogP contribution in [0.2, 0.25) is 0 Å². The predicted octanol–water partition coefficient (Wildman–Crippen LogP) is 6.50. The maximum atomic E-state index is 13.5. The number of hydrogen-bond acceptors (Lipinski definition) is 16. The van der Waals surface area contributed by atoms with Crippen molar-refractivity contribution in [1.82, 2.24) is 0 Å². The molecular weight excluding hydrogens is 1150 g/mol. The fourth-order valence-corrected chi connectivity index (χ4v) is 11.1. The highest BCUT2D eigenvalue weighted by atomic mass is 127. The molecule has 3 saturated heterocycles. The lowest BCUT2D eigenvalue weighted by atomic mass is 9.87. The van der Waals surface area contributed by atoms with E-state index in [2.05, 4.69) is 0 Å². The topological polar surface area (TPSA) is 185 Å². The van der Waals surface area contributed by atoms with Crippen LogP contribution in [0, 0.1) is 11.8 Å². The zero-order valence-corrected chi connectivity index (χ0v) is 44.6. The standard InChI is InChI=1S/C53H64I2O16/c1-31-44(63-26-33-18-10-6-11-19-33)46(65-28-35-22-14-8-15-23-35)38(40(54)49(58)60-3)51(68-31)67-30-37-42(56)48(43(57)53(62-5)70-37)71-52-39(41(55)50(59)61-4)47(66-29-36-24-16-9-17-25-36)45(32(2)69-52)64-27-34-20-12-7-13-21-34/h6-25,31-32,37-48,51-53,56-57H,26-30H2,1-5H3/t31-,32-,37+,38-,39-,40+,41+,42+,43+,44-,45-,46-,47-,48-,51-,52+,53-/m0/s1. The first-order valence-corrected chi connectivity index (χ1v) is 26.1. The number of hydrogen-bond donors (Lipinski definition) is 2. The van der Waals surface area contributed by atoms with Crippen LogP contribution in [0.3, 0.4) is 0 Å². The van der Waals surface area contributed by atoms with E-state index in [0.717, 1.165) is 22.3 Å². The molecule has 3 aliphatic heterocycles. The van der Waals surface area contributed by atoms with Gasteiger partial charge in [-0.25, -0.2) is 0 Å². The van der Waals surface area contributed by atoms with Crippen LogP contribution in [-0.4, -0.2) is 138 Å². The highest BCUT2D eigenvalue weighted by molar-refractivity contribution is 14.1. The van der Waals surface area contributed by atoms with Crippen molar-refractivity contribution in [1.29, 1.82) is 0 Å². The number of ether oxygens (including phenoxy) is 12. The van der Waals surface area contributed by atoms with E-state index in [4.69, 9.17) is 56.8 Å². The first-order chi connectivity index (χ1) is 34.4. The Hall–Kier alpha value is -3.20. The monoisotopic (exact) mass is 1210 g/mol. The third-order valence-electron chi connectivity index (χ3n) is 12.9. The van der Waals surface area contributed by atoms with Gasteiger partial charge in [0.1, 0.15) is 44.5 Å². The van der Waals surface area contributed by atoms with E-state index in [9.17, 15) is 19.8 Å². The predicted molar refractivity (Wildman–Crippen MR) is 274 cm³/mol. The molecule has 3 aliphatic rings. The van der Waals surface area contributed by atoms with Gasteiger partial charge in [-0.3, -0.25) is 9.59 Å². The van der Waals surface area contributed by atoms with Gasteiger partial charge in [-0.1, -0.05) is 167 Å². The van der Waals surface area contributed by atoms with Crippen molar-refractivity contribution in [3.05, 3.63) is 144 Å². The molecule has 3 heterocycles. The maximum absolute atomic E-state index is 13.5. The van der Waals surface area contributed by atoms with Crippen molar-refractivity contribution in [2.24, 2.45) is 11.8 Å². The Balaban J connectivity index is 1.15. The molecule has 0 amide bonds. The van der Waals surface area contributed by atoms with Crippen LogP contribution < -0.4 is 0 Å². The molecule has 0 unspecified atom stereocenters. The lowest BCUT2D eigenvalue weighted by molar-refractivity contribution is -0.359. The number of benzene rings is 4. The third-order valence-corrected chi connectivity index (χ3v) is 15.6. The van der Waals surface area contributed by atoms with Gasteiger partial charge >= 0.3 is 11.9 Å². The summed E-state index contributed by atoms with van der Waals surface area (Å²) in [6, 6.07) is 38.6. The normalized spacial score (nSPS) is 31.8. The van der Waals surface area contributed by atoms with Crippen molar-refractivity contribution in [3.8, 4) is 0 Å². The van der Waals surface area contributed by atoms with Gasteiger partial charge in [-0.2, -0.15) is 0 Å². The van der Waals surface area contributed by atoms with E-state index in [-0.39, 0.29) is 33.0 Å². The Kier molecular flexibility index (Phi) is 21.4. The molecule has 17 atom stereocenters. The number of carbonyl (C=O) groups excluding carboxylic acids is 2. The molecule has 0 bridgehead atoms. The summed E-state index contributed by atoms with van der Waals surface area (Å²) in [7, 11) is 3.96. The van der Waals surface area contributed by atoms with Crippen LogP contribution in [0.25, 0.3) is 0 Å².